The number of fused-ring (bicyclic) bond motifs is 8. The van der Waals surface area contributed by atoms with Crippen LogP contribution in [0.1, 0.15) is 0 Å². The van der Waals surface area contributed by atoms with E-state index in [-0.39, 0.29) is 0 Å². The minimum atomic E-state index is 0.860. The van der Waals surface area contributed by atoms with Crippen LogP contribution in [0.4, 0.5) is 17.1 Å². The molecule has 9 aromatic rings. The Morgan fingerprint density at radius 2 is 1.02 bits per heavy atom. The van der Waals surface area contributed by atoms with E-state index in [0.29, 0.717) is 0 Å². The first-order valence-electron chi connectivity index (χ1n) is 14.5. The fraction of sp³-hybridized carbons (Fsp3) is 0. The molecule has 3 nitrogen and oxygen atoms in total. The Bertz CT molecular complexity index is 2450. The summed E-state index contributed by atoms with van der Waals surface area (Å²) in [5.74, 6) is 0. The van der Waals surface area contributed by atoms with E-state index < -0.39 is 0 Å². The van der Waals surface area contributed by atoms with Gasteiger partial charge in [0.15, 0.2) is 0 Å². The topological polar surface area (TPSA) is 29.5 Å². The van der Waals surface area contributed by atoms with E-state index in [0.717, 1.165) is 71.7 Å². The van der Waals surface area contributed by atoms with Crippen molar-refractivity contribution in [3.05, 3.63) is 152 Å². The van der Waals surface area contributed by atoms with Gasteiger partial charge in [-0.1, -0.05) is 97.1 Å². The van der Waals surface area contributed by atoms with E-state index in [1.165, 1.54) is 11.1 Å². The summed E-state index contributed by atoms with van der Waals surface area (Å²) in [7, 11) is 0. The Kier molecular flexibility index (Phi) is 5.20. The van der Waals surface area contributed by atoms with Crippen LogP contribution >= 0.6 is 0 Å². The molecule has 0 saturated heterocycles. The highest BCUT2D eigenvalue weighted by Crippen LogP contribution is 2.45. The van der Waals surface area contributed by atoms with Gasteiger partial charge in [0.05, 0.1) is 5.69 Å². The highest BCUT2D eigenvalue weighted by molar-refractivity contribution is 6.19. The van der Waals surface area contributed by atoms with E-state index in [2.05, 4.69) is 126 Å². The van der Waals surface area contributed by atoms with E-state index in [1.807, 2.05) is 30.3 Å². The lowest BCUT2D eigenvalue weighted by Gasteiger charge is -2.27. The molecular formula is C40H25NO2. The van der Waals surface area contributed by atoms with Crippen molar-refractivity contribution in [2.24, 2.45) is 0 Å². The van der Waals surface area contributed by atoms with Gasteiger partial charge in [-0.25, -0.2) is 0 Å². The monoisotopic (exact) mass is 551 g/mol. The number of nitrogens with zero attached hydrogens (tertiary/aromatic N) is 1. The molecule has 3 heteroatoms. The quantitative estimate of drug-likeness (QED) is 0.218. The summed E-state index contributed by atoms with van der Waals surface area (Å²) in [6.07, 6.45) is 0. The Morgan fingerprint density at radius 3 is 1.84 bits per heavy atom. The van der Waals surface area contributed by atoms with Gasteiger partial charge in [-0.05, 0) is 65.0 Å². The third-order valence-corrected chi connectivity index (χ3v) is 8.46. The van der Waals surface area contributed by atoms with Crippen molar-refractivity contribution in [2.75, 3.05) is 4.90 Å². The highest BCUT2D eigenvalue weighted by atomic mass is 16.3. The lowest BCUT2D eigenvalue weighted by Crippen LogP contribution is -2.10. The maximum atomic E-state index is 6.57. The second-order valence-corrected chi connectivity index (χ2v) is 10.9. The maximum absolute atomic E-state index is 6.57. The van der Waals surface area contributed by atoms with Crippen molar-refractivity contribution < 1.29 is 8.83 Å². The van der Waals surface area contributed by atoms with Crippen molar-refractivity contribution in [1.29, 1.82) is 0 Å². The molecule has 0 aliphatic carbocycles. The van der Waals surface area contributed by atoms with Crippen molar-refractivity contribution >= 4 is 71.7 Å². The molecule has 0 fully saturated rings. The molecule has 0 aliphatic heterocycles. The van der Waals surface area contributed by atoms with Crippen LogP contribution in [0.25, 0.3) is 65.8 Å². The van der Waals surface area contributed by atoms with Gasteiger partial charge in [-0.2, -0.15) is 0 Å². The largest absolute Gasteiger partial charge is 0.456 e. The molecule has 0 amide bonds. The van der Waals surface area contributed by atoms with Gasteiger partial charge >= 0.3 is 0 Å². The molecule has 43 heavy (non-hydrogen) atoms. The van der Waals surface area contributed by atoms with Crippen molar-refractivity contribution in [3.63, 3.8) is 0 Å². The lowest BCUT2D eigenvalue weighted by molar-refractivity contribution is 0.669. The third kappa shape index (κ3) is 3.75. The molecule has 0 saturated carbocycles. The molecule has 9 rings (SSSR count). The summed E-state index contributed by atoms with van der Waals surface area (Å²) < 4.78 is 12.9. The van der Waals surface area contributed by atoms with Gasteiger partial charge < -0.3 is 13.7 Å². The second kappa shape index (κ2) is 9.37. The number of hydrogen-bond acceptors (Lipinski definition) is 3. The number of anilines is 3. The summed E-state index contributed by atoms with van der Waals surface area (Å²) in [4.78, 5) is 2.32. The smallest absolute Gasteiger partial charge is 0.145 e. The predicted molar refractivity (Wildman–Crippen MR) is 179 cm³/mol. The van der Waals surface area contributed by atoms with E-state index >= 15 is 0 Å². The van der Waals surface area contributed by atoms with Crippen molar-refractivity contribution in [2.45, 2.75) is 0 Å². The molecule has 0 atom stereocenters. The molecule has 0 unspecified atom stereocenters. The van der Waals surface area contributed by atoms with Gasteiger partial charge in [-0.3, -0.25) is 0 Å². The van der Waals surface area contributed by atoms with Gasteiger partial charge in [-0.15, -0.1) is 0 Å². The Morgan fingerprint density at radius 1 is 0.395 bits per heavy atom. The number of para-hydroxylation sites is 2. The van der Waals surface area contributed by atoms with Gasteiger partial charge in [0.1, 0.15) is 22.3 Å². The van der Waals surface area contributed by atoms with E-state index in [1.54, 1.807) is 0 Å². The van der Waals surface area contributed by atoms with E-state index in [9.17, 15) is 0 Å². The standard InChI is InChI=1S/C40H25NO2/c1-2-9-26(10-3-1)27-17-20-29(21-18-27)41(30-22-24-33-31-12-4-6-15-36(31)42-38(33)25-30)35-14-8-11-28-19-23-34-32-13-5-7-16-37(32)43-40(34)39(28)35/h1-25H. The van der Waals surface area contributed by atoms with Crippen LogP contribution in [-0.2, 0) is 0 Å². The number of rotatable bonds is 4. The lowest BCUT2D eigenvalue weighted by atomic mass is 10.0. The minimum Gasteiger partial charge on any atom is -0.456 e. The van der Waals surface area contributed by atoms with Crippen LogP contribution in [-0.4, -0.2) is 0 Å². The predicted octanol–water partition coefficient (Wildman–Crippen LogP) is 11.8. The molecular weight excluding hydrogens is 526 g/mol. The second-order valence-electron chi connectivity index (χ2n) is 10.9. The molecule has 2 heterocycles. The summed E-state index contributed by atoms with van der Waals surface area (Å²) in [6, 6.07) is 53.1. The molecule has 0 radical (unpaired) electrons. The zero-order valence-electron chi connectivity index (χ0n) is 23.2. The van der Waals surface area contributed by atoms with Crippen LogP contribution in [0.5, 0.6) is 0 Å². The zero-order chi connectivity index (χ0) is 28.3. The molecule has 0 spiro atoms. The number of hydrogen-bond donors (Lipinski definition) is 0. The SMILES string of the molecule is c1ccc(-c2ccc(N(c3ccc4c(c3)oc3ccccc34)c3cccc4ccc5c6ccccc6oc5c34)cc2)cc1. The molecule has 7 aromatic carbocycles. The fourth-order valence-corrected chi connectivity index (χ4v) is 6.43. The molecule has 202 valence electrons. The summed E-state index contributed by atoms with van der Waals surface area (Å²) >= 11 is 0. The Hall–Kier alpha value is -5.80. The van der Waals surface area contributed by atoms with Crippen LogP contribution in [0.15, 0.2) is 160 Å². The normalized spacial score (nSPS) is 11.7. The van der Waals surface area contributed by atoms with Crippen LogP contribution in [0, 0.1) is 0 Å². The molecule has 2 aromatic heterocycles. The third-order valence-electron chi connectivity index (χ3n) is 8.46. The average molecular weight is 552 g/mol. The van der Waals surface area contributed by atoms with Gasteiger partial charge in [0.25, 0.3) is 0 Å². The summed E-state index contributed by atoms with van der Waals surface area (Å²) in [6.45, 7) is 0. The minimum absolute atomic E-state index is 0.860. The fourth-order valence-electron chi connectivity index (χ4n) is 6.43. The Balaban J connectivity index is 1.31. The Labute approximate surface area is 247 Å². The van der Waals surface area contributed by atoms with E-state index in [4.69, 9.17) is 8.83 Å². The first kappa shape index (κ1) is 23.9. The van der Waals surface area contributed by atoms with Crippen molar-refractivity contribution in [1.82, 2.24) is 0 Å². The summed E-state index contributed by atoms with van der Waals surface area (Å²) in [5.41, 5.74) is 9.02. The van der Waals surface area contributed by atoms with Gasteiger partial charge in [0, 0.05) is 44.4 Å². The van der Waals surface area contributed by atoms with Crippen LogP contribution in [0.2, 0.25) is 0 Å². The molecule has 0 bridgehead atoms. The molecule has 0 N–H and O–H groups in total. The molecule has 0 aliphatic rings. The number of furan rings is 2. The van der Waals surface area contributed by atoms with Crippen molar-refractivity contribution in [3.8, 4) is 11.1 Å². The highest BCUT2D eigenvalue weighted by Gasteiger charge is 2.21. The maximum Gasteiger partial charge on any atom is 0.145 e. The number of benzene rings is 7. The average Bonchev–Trinajstić information content (AvgIpc) is 3.64. The van der Waals surface area contributed by atoms with Gasteiger partial charge in [0.2, 0.25) is 0 Å². The van der Waals surface area contributed by atoms with Crippen LogP contribution < -0.4 is 4.90 Å². The summed E-state index contributed by atoms with van der Waals surface area (Å²) in [5, 5.41) is 6.67. The zero-order valence-corrected chi connectivity index (χ0v) is 23.2. The first-order chi connectivity index (χ1) is 21.3. The van der Waals surface area contributed by atoms with Crippen LogP contribution in [0.3, 0.4) is 0 Å². The first-order valence-corrected chi connectivity index (χ1v) is 14.5.